The van der Waals surface area contributed by atoms with Gasteiger partial charge in [-0.1, -0.05) is 0 Å². The van der Waals surface area contributed by atoms with Crippen LogP contribution in [0.2, 0.25) is 0 Å². The van der Waals surface area contributed by atoms with Crippen LogP contribution in [0.15, 0.2) is 29.6 Å². The molecule has 0 amide bonds. The summed E-state index contributed by atoms with van der Waals surface area (Å²) < 4.78 is 0. The fourth-order valence-corrected chi connectivity index (χ4v) is 3.08. The van der Waals surface area contributed by atoms with Crippen molar-refractivity contribution >= 4 is 11.9 Å². The van der Waals surface area contributed by atoms with E-state index in [0.717, 1.165) is 69.7 Å². The maximum absolute atomic E-state index is 4.82. The Balaban J connectivity index is 1.50. The third-order valence-corrected chi connectivity index (χ3v) is 4.55. The minimum atomic E-state index is 0.810. The molecule has 0 radical (unpaired) electrons. The molecule has 0 bridgehead atoms. The third kappa shape index (κ3) is 4.71. The zero-order chi connectivity index (χ0) is 18.2. The molecule has 1 saturated heterocycles. The van der Waals surface area contributed by atoms with Gasteiger partial charge < -0.3 is 15.1 Å². The second-order valence-electron chi connectivity index (χ2n) is 6.38. The Hall–Kier alpha value is -2.64. The average molecular weight is 356 g/mol. The lowest BCUT2D eigenvalue weighted by Crippen LogP contribution is -2.53. The number of aliphatic imine (C=N–C) groups is 1. The molecule has 8 nitrogen and oxygen atoms in total. The number of rotatable bonds is 6. The summed E-state index contributed by atoms with van der Waals surface area (Å²) >= 11 is 0. The first-order valence-corrected chi connectivity index (χ1v) is 9.32. The van der Waals surface area contributed by atoms with Crippen molar-refractivity contribution in [2.75, 3.05) is 44.2 Å². The van der Waals surface area contributed by atoms with Crippen LogP contribution >= 0.6 is 0 Å². The van der Waals surface area contributed by atoms with Gasteiger partial charge in [-0.15, -0.1) is 0 Å². The fourth-order valence-electron chi connectivity index (χ4n) is 3.08. The molecular weight excluding hydrogens is 328 g/mol. The van der Waals surface area contributed by atoms with E-state index in [9.17, 15) is 0 Å². The molecule has 0 atom stereocenters. The van der Waals surface area contributed by atoms with Crippen LogP contribution in [-0.2, 0) is 6.42 Å². The number of hydrogen-bond donors (Lipinski definition) is 2. The fraction of sp³-hybridized carbons (Fsp3) is 0.556. The van der Waals surface area contributed by atoms with Gasteiger partial charge in [0.2, 0.25) is 5.95 Å². The summed E-state index contributed by atoms with van der Waals surface area (Å²) in [5.41, 5.74) is 2.43. The highest BCUT2D eigenvalue weighted by Gasteiger charge is 2.20. The predicted molar refractivity (Wildman–Crippen MR) is 103 cm³/mol. The molecule has 26 heavy (non-hydrogen) atoms. The van der Waals surface area contributed by atoms with E-state index in [4.69, 9.17) is 4.99 Å². The van der Waals surface area contributed by atoms with E-state index in [1.54, 1.807) is 12.4 Å². The Morgan fingerprint density at radius 3 is 2.65 bits per heavy atom. The third-order valence-electron chi connectivity index (χ3n) is 4.55. The van der Waals surface area contributed by atoms with E-state index < -0.39 is 0 Å². The van der Waals surface area contributed by atoms with Crippen molar-refractivity contribution in [3.63, 3.8) is 0 Å². The van der Waals surface area contributed by atoms with Crippen LogP contribution in [-0.4, -0.2) is 70.3 Å². The monoisotopic (exact) mass is 356 g/mol. The molecule has 1 aliphatic heterocycles. The van der Waals surface area contributed by atoms with Crippen molar-refractivity contribution in [3.8, 4) is 0 Å². The number of hydrogen-bond acceptors (Lipinski definition) is 5. The molecule has 2 aromatic heterocycles. The van der Waals surface area contributed by atoms with E-state index in [2.05, 4.69) is 49.1 Å². The van der Waals surface area contributed by atoms with Gasteiger partial charge in [0.15, 0.2) is 5.96 Å². The van der Waals surface area contributed by atoms with Crippen molar-refractivity contribution < 1.29 is 0 Å². The van der Waals surface area contributed by atoms with Crippen molar-refractivity contribution in [3.05, 3.63) is 35.9 Å². The first kappa shape index (κ1) is 18.2. The lowest BCUT2D eigenvalue weighted by atomic mass is 10.1. The first-order chi connectivity index (χ1) is 12.8. The summed E-state index contributed by atoms with van der Waals surface area (Å²) in [7, 11) is 0. The van der Waals surface area contributed by atoms with Crippen LogP contribution in [0.1, 0.15) is 24.6 Å². The standard InChI is InChI=1S/C18H28N8/c1-3-19-17(20-7-4-6-16-14-23-24-15(16)2)25-10-12-26(13-11-25)18-21-8-5-9-22-18/h5,8-9,14H,3-4,6-7,10-13H2,1-2H3,(H,19,20)(H,23,24). The minimum absolute atomic E-state index is 0.810. The molecule has 0 spiro atoms. The molecule has 0 aromatic carbocycles. The molecule has 3 rings (SSSR count). The van der Waals surface area contributed by atoms with E-state index in [1.807, 2.05) is 12.3 Å². The largest absolute Gasteiger partial charge is 0.357 e. The van der Waals surface area contributed by atoms with Gasteiger partial charge in [-0.2, -0.15) is 5.10 Å². The summed E-state index contributed by atoms with van der Waals surface area (Å²) in [6.45, 7) is 9.52. The number of nitrogens with zero attached hydrogens (tertiary/aromatic N) is 6. The van der Waals surface area contributed by atoms with Crippen molar-refractivity contribution in [2.24, 2.45) is 4.99 Å². The summed E-state index contributed by atoms with van der Waals surface area (Å²) in [5.74, 6) is 1.81. The normalized spacial score (nSPS) is 15.4. The molecule has 2 N–H and O–H groups in total. The van der Waals surface area contributed by atoms with E-state index >= 15 is 0 Å². The van der Waals surface area contributed by atoms with Gasteiger partial charge in [-0.25, -0.2) is 9.97 Å². The van der Waals surface area contributed by atoms with Gasteiger partial charge >= 0.3 is 0 Å². The Morgan fingerprint density at radius 2 is 2.00 bits per heavy atom. The number of aryl methyl sites for hydroxylation is 2. The molecule has 1 aliphatic rings. The SMILES string of the molecule is CCNC(=NCCCc1cn[nH]c1C)N1CCN(c2ncccn2)CC1. The summed E-state index contributed by atoms with van der Waals surface area (Å²) in [5, 5.41) is 10.5. The maximum atomic E-state index is 4.82. The molecule has 0 saturated carbocycles. The lowest BCUT2D eigenvalue weighted by Gasteiger charge is -2.36. The number of piperazine rings is 1. The summed E-state index contributed by atoms with van der Waals surface area (Å²) in [6, 6.07) is 1.85. The van der Waals surface area contributed by atoms with Gasteiger partial charge in [0, 0.05) is 57.4 Å². The van der Waals surface area contributed by atoms with Crippen LogP contribution in [0.25, 0.3) is 0 Å². The van der Waals surface area contributed by atoms with Crippen LogP contribution in [0.3, 0.4) is 0 Å². The molecule has 3 heterocycles. The highest BCUT2D eigenvalue weighted by atomic mass is 15.4. The Morgan fingerprint density at radius 1 is 1.23 bits per heavy atom. The average Bonchev–Trinajstić information content (AvgIpc) is 3.10. The number of H-pyrrole nitrogens is 1. The van der Waals surface area contributed by atoms with E-state index in [0.29, 0.717) is 0 Å². The molecule has 0 unspecified atom stereocenters. The molecule has 0 aliphatic carbocycles. The van der Waals surface area contributed by atoms with Crippen LogP contribution < -0.4 is 10.2 Å². The van der Waals surface area contributed by atoms with Gasteiger partial charge in [0.05, 0.1) is 6.20 Å². The number of anilines is 1. The second-order valence-corrected chi connectivity index (χ2v) is 6.38. The van der Waals surface area contributed by atoms with E-state index in [1.165, 1.54) is 5.56 Å². The Labute approximate surface area is 154 Å². The van der Waals surface area contributed by atoms with E-state index in [-0.39, 0.29) is 0 Å². The van der Waals surface area contributed by atoms with Gasteiger partial charge in [-0.3, -0.25) is 10.1 Å². The number of aromatic amines is 1. The number of nitrogens with one attached hydrogen (secondary N) is 2. The highest BCUT2D eigenvalue weighted by Crippen LogP contribution is 2.10. The molecular formula is C18H28N8. The topological polar surface area (TPSA) is 85.3 Å². The number of guanidine groups is 1. The molecule has 1 fully saturated rings. The molecule has 8 heteroatoms. The quantitative estimate of drug-likeness (QED) is 0.460. The Bertz CT molecular complexity index is 688. The van der Waals surface area contributed by atoms with Crippen LogP contribution in [0.4, 0.5) is 5.95 Å². The zero-order valence-corrected chi connectivity index (χ0v) is 15.6. The van der Waals surface area contributed by atoms with Gasteiger partial charge in [0.1, 0.15) is 0 Å². The zero-order valence-electron chi connectivity index (χ0n) is 15.6. The summed E-state index contributed by atoms with van der Waals surface area (Å²) in [4.78, 5) is 18.1. The maximum Gasteiger partial charge on any atom is 0.225 e. The lowest BCUT2D eigenvalue weighted by molar-refractivity contribution is 0.370. The minimum Gasteiger partial charge on any atom is -0.357 e. The van der Waals surface area contributed by atoms with Crippen LogP contribution in [0.5, 0.6) is 0 Å². The second kappa shape index (κ2) is 9.17. The van der Waals surface area contributed by atoms with Crippen molar-refractivity contribution in [2.45, 2.75) is 26.7 Å². The van der Waals surface area contributed by atoms with Gasteiger partial charge in [-0.05, 0) is 38.3 Å². The van der Waals surface area contributed by atoms with Crippen molar-refractivity contribution in [1.29, 1.82) is 0 Å². The Kier molecular flexibility index (Phi) is 6.40. The molecule has 140 valence electrons. The first-order valence-electron chi connectivity index (χ1n) is 9.32. The highest BCUT2D eigenvalue weighted by molar-refractivity contribution is 5.80. The van der Waals surface area contributed by atoms with Gasteiger partial charge in [0.25, 0.3) is 0 Å². The summed E-state index contributed by atoms with van der Waals surface area (Å²) in [6.07, 6.45) is 7.52. The predicted octanol–water partition coefficient (Wildman–Crippen LogP) is 1.23. The van der Waals surface area contributed by atoms with Crippen molar-refractivity contribution in [1.82, 2.24) is 30.4 Å². The number of aromatic nitrogens is 4. The smallest absolute Gasteiger partial charge is 0.225 e. The molecule has 2 aromatic rings. The van der Waals surface area contributed by atoms with Crippen LogP contribution in [0, 0.1) is 6.92 Å².